The van der Waals surface area contributed by atoms with E-state index in [1.165, 1.54) is 6.92 Å². The highest BCUT2D eigenvalue weighted by Gasteiger charge is 2.39. The first-order valence-corrected chi connectivity index (χ1v) is 12.4. The fourth-order valence-corrected chi connectivity index (χ4v) is 5.03. The summed E-state index contributed by atoms with van der Waals surface area (Å²) in [6.07, 6.45) is 4.89. The van der Waals surface area contributed by atoms with Crippen LogP contribution < -0.4 is 10.6 Å². The first-order chi connectivity index (χ1) is 14.6. The number of nitrogens with zero attached hydrogens (tertiary/aromatic N) is 1. The Hall–Kier alpha value is -2.46. The van der Waals surface area contributed by atoms with Crippen LogP contribution in [0.2, 0.25) is 0 Å². The monoisotopic (exact) mass is 451 g/mol. The molecule has 2 atom stereocenters. The van der Waals surface area contributed by atoms with Gasteiger partial charge in [0.05, 0.1) is 6.26 Å². The predicted octanol–water partition coefficient (Wildman–Crippen LogP) is 1.46. The number of hydrogen-bond donors (Lipinski definition) is 2. The number of hydrogen-bond acceptors (Lipinski definition) is 6. The molecule has 3 rings (SSSR count). The molecule has 1 fully saturated rings. The van der Waals surface area contributed by atoms with Crippen LogP contribution in [-0.2, 0) is 37.3 Å². The normalized spacial score (nSPS) is 20.9. The highest BCUT2D eigenvalue weighted by atomic mass is 32.2. The zero-order chi connectivity index (χ0) is 22.6. The van der Waals surface area contributed by atoms with Crippen LogP contribution in [0.5, 0.6) is 0 Å². The van der Waals surface area contributed by atoms with Crippen LogP contribution in [0.3, 0.4) is 0 Å². The molecule has 9 nitrogen and oxygen atoms in total. The highest BCUT2D eigenvalue weighted by Crippen LogP contribution is 2.26. The second kappa shape index (κ2) is 9.78. The van der Waals surface area contributed by atoms with Gasteiger partial charge >= 0.3 is 12.0 Å². The van der Waals surface area contributed by atoms with Crippen LogP contribution in [0.4, 0.5) is 4.79 Å². The van der Waals surface area contributed by atoms with Crippen molar-refractivity contribution in [1.29, 1.82) is 0 Å². The third kappa shape index (κ3) is 6.04. The van der Waals surface area contributed by atoms with E-state index < -0.39 is 40.1 Å². The minimum atomic E-state index is -3.69. The van der Waals surface area contributed by atoms with Crippen molar-refractivity contribution in [2.75, 3.05) is 6.26 Å². The second-order valence-electron chi connectivity index (χ2n) is 8.17. The van der Waals surface area contributed by atoms with Crippen molar-refractivity contribution in [1.82, 2.24) is 14.9 Å². The SMILES string of the molecule is C[C@@H](OC(=O)[C@@H]1Cc2ccccc2CN1S(C)(=O)=O)C(=O)NC(=O)NC1CCCCC1. The van der Waals surface area contributed by atoms with E-state index in [9.17, 15) is 22.8 Å². The Morgan fingerprint density at radius 1 is 1.10 bits per heavy atom. The lowest BCUT2D eigenvalue weighted by Gasteiger charge is -2.33. The van der Waals surface area contributed by atoms with Crippen LogP contribution in [0, 0.1) is 0 Å². The quantitative estimate of drug-likeness (QED) is 0.654. The van der Waals surface area contributed by atoms with E-state index in [2.05, 4.69) is 10.6 Å². The van der Waals surface area contributed by atoms with Crippen molar-refractivity contribution in [3.63, 3.8) is 0 Å². The number of urea groups is 1. The van der Waals surface area contributed by atoms with E-state index in [4.69, 9.17) is 4.74 Å². The van der Waals surface area contributed by atoms with Crippen molar-refractivity contribution >= 4 is 27.9 Å². The molecule has 1 aromatic carbocycles. The maximum Gasteiger partial charge on any atom is 0.325 e. The topological polar surface area (TPSA) is 122 Å². The van der Waals surface area contributed by atoms with Crippen LogP contribution in [-0.4, -0.2) is 55.1 Å². The molecule has 2 N–H and O–H groups in total. The third-order valence-electron chi connectivity index (χ3n) is 5.74. The molecule has 1 heterocycles. The summed E-state index contributed by atoms with van der Waals surface area (Å²) in [6.45, 7) is 1.40. The van der Waals surface area contributed by atoms with Gasteiger partial charge in [-0.1, -0.05) is 43.5 Å². The van der Waals surface area contributed by atoms with Crippen LogP contribution in [0.15, 0.2) is 24.3 Å². The number of carbonyl (C=O) groups excluding carboxylic acids is 3. The molecule has 10 heteroatoms. The molecule has 0 saturated heterocycles. The largest absolute Gasteiger partial charge is 0.451 e. The van der Waals surface area contributed by atoms with Crippen molar-refractivity contribution in [2.45, 2.75) is 70.2 Å². The van der Waals surface area contributed by atoms with Crippen LogP contribution >= 0.6 is 0 Å². The summed E-state index contributed by atoms with van der Waals surface area (Å²) in [5, 5.41) is 4.95. The molecule has 31 heavy (non-hydrogen) atoms. The molecular weight excluding hydrogens is 422 g/mol. The van der Waals surface area contributed by atoms with Gasteiger partial charge in [0, 0.05) is 19.0 Å². The molecule has 1 aromatic rings. The summed E-state index contributed by atoms with van der Waals surface area (Å²) < 4.78 is 30.8. The number of amides is 3. The lowest BCUT2D eigenvalue weighted by Crippen LogP contribution is -2.51. The number of fused-ring (bicyclic) bond motifs is 1. The molecule has 0 aromatic heterocycles. The molecule has 3 amide bonds. The van der Waals surface area contributed by atoms with Gasteiger partial charge < -0.3 is 10.1 Å². The number of sulfonamides is 1. The molecule has 1 aliphatic heterocycles. The van der Waals surface area contributed by atoms with Gasteiger partial charge in [-0.25, -0.2) is 13.2 Å². The lowest BCUT2D eigenvalue weighted by atomic mass is 9.96. The molecular formula is C21H29N3O6S. The highest BCUT2D eigenvalue weighted by molar-refractivity contribution is 7.88. The lowest BCUT2D eigenvalue weighted by molar-refractivity contribution is -0.158. The van der Waals surface area contributed by atoms with Gasteiger partial charge in [0.25, 0.3) is 5.91 Å². The van der Waals surface area contributed by atoms with Gasteiger partial charge in [0.2, 0.25) is 10.0 Å². The number of ether oxygens (including phenoxy) is 1. The van der Waals surface area contributed by atoms with Crippen molar-refractivity contribution in [2.24, 2.45) is 0 Å². The van der Waals surface area contributed by atoms with Gasteiger partial charge in [-0.2, -0.15) is 4.31 Å². The Labute approximate surface area is 182 Å². The molecule has 170 valence electrons. The van der Waals surface area contributed by atoms with Crippen molar-refractivity contribution < 1.29 is 27.5 Å². The zero-order valence-corrected chi connectivity index (χ0v) is 18.6. The van der Waals surface area contributed by atoms with E-state index in [0.29, 0.717) is 0 Å². The zero-order valence-electron chi connectivity index (χ0n) is 17.8. The van der Waals surface area contributed by atoms with E-state index in [-0.39, 0.29) is 19.0 Å². The maximum atomic E-state index is 12.8. The van der Waals surface area contributed by atoms with Crippen molar-refractivity contribution in [3.8, 4) is 0 Å². The Morgan fingerprint density at radius 2 is 1.74 bits per heavy atom. The number of imide groups is 1. The van der Waals surface area contributed by atoms with E-state index in [1.54, 1.807) is 0 Å². The Bertz CT molecular complexity index is 942. The molecule has 1 saturated carbocycles. The summed E-state index contributed by atoms with van der Waals surface area (Å²) in [7, 11) is -3.69. The average molecular weight is 452 g/mol. The minimum Gasteiger partial charge on any atom is -0.451 e. The van der Waals surface area contributed by atoms with Gasteiger partial charge in [-0.05, 0) is 30.9 Å². The first-order valence-electron chi connectivity index (χ1n) is 10.5. The fraction of sp³-hybridized carbons (Fsp3) is 0.571. The second-order valence-corrected chi connectivity index (χ2v) is 10.1. The fourth-order valence-electron chi connectivity index (χ4n) is 4.04. The third-order valence-corrected chi connectivity index (χ3v) is 6.98. The number of benzene rings is 1. The number of carbonyl (C=O) groups is 3. The smallest absolute Gasteiger partial charge is 0.325 e. The molecule has 1 aliphatic carbocycles. The Morgan fingerprint density at radius 3 is 2.39 bits per heavy atom. The summed E-state index contributed by atoms with van der Waals surface area (Å²) >= 11 is 0. The van der Waals surface area contributed by atoms with Crippen LogP contribution in [0.1, 0.15) is 50.2 Å². The van der Waals surface area contributed by atoms with Crippen molar-refractivity contribution in [3.05, 3.63) is 35.4 Å². The minimum absolute atomic E-state index is 0.0324. The average Bonchev–Trinajstić information content (AvgIpc) is 2.72. The number of rotatable bonds is 5. The summed E-state index contributed by atoms with van der Waals surface area (Å²) in [5.41, 5.74) is 1.68. The Balaban J connectivity index is 1.60. The standard InChI is InChI=1S/C21H29N3O6S/c1-14(19(25)23-21(27)22-17-10-4-3-5-11-17)30-20(26)18-12-15-8-6-7-9-16(15)13-24(18)31(2,28)29/h6-9,14,17-18H,3-5,10-13H2,1-2H3,(H2,22,23,25,27)/t14-,18+/m1/s1. The van der Waals surface area contributed by atoms with Gasteiger partial charge in [0.1, 0.15) is 6.04 Å². The van der Waals surface area contributed by atoms with Gasteiger partial charge in [-0.15, -0.1) is 0 Å². The molecule has 0 radical (unpaired) electrons. The molecule has 0 spiro atoms. The van der Waals surface area contributed by atoms with E-state index >= 15 is 0 Å². The number of esters is 1. The van der Waals surface area contributed by atoms with Gasteiger partial charge in [-0.3, -0.25) is 14.9 Å². The number of nitrogens with one attached hydrogen (secondary N) is 2. The first kappa shape index (κ1) is 23.2. The van der Waals surface area contributed by atoms with Crippen LogP contribution in [0.25, 0.3) is 0 Å². The molecule has 0 bridgehead atoms. The Kier molecular flexibility index (Phi) is 7.32. The molecule has 2 aliphatic rings. The summed E-state index contributed by atoms with van der Waals surface area (Å²) in [5.74, 6) is -1.58. The summed E-state index contributed by atoms with van der Waals surface area (Å²) in [4.78, 5) is 37.1. The molecule has 0 unspecified atom stereocenters. The van der Waals surface area contributed by atoms with E-state index in [0.717, 1.165) is 53.8 Å². The van der Waals surface area contributed by atoms with E-state index in [1.807, 2.05) is 24.3 Å². The summed E-state index contributed by atoms with van der Waals surface area (Å²) in [6, 6.07) is 5.61. The maximum absolute atomic E-state index is 12.8. The predicted molar refractivity (Wildman–Crippen MR) is 113 cm³/mol. The van der Waals surface area contributed by atoms with Gasteiger partial charge in [0.15, 0.2) is 6.10 Å².